The molecule has 0 unspecified atom stereocenters. The van der Waals surface area contributed by atoms with Gasteiger partial charge in [0, 0.05) is 0 Å². The first-order valence-corrected chi connectivity index (χ1v) is 1.75. The zero-order valence-corrected chi connectivity index (χ0v) is 3.85. The van der Waals surface area contributed by atoms with Gasteiger partial charge >= 0.3 is 6.09 Å². The Morgan fingerprint density at radius 1 is 1.62 bits per heavy atom. The molecule has 0 aliphatic rings. The number of carbonyl (C=O) groups is 2. The first-order valence-electron chi connectivity index (χ1n) is 1.75. The van der Waals surface area contributed by atoms with Crippen molar-refractivity contribution >= 4 is 12.0 Å². The zero-order valence-electron chi connectivity index (χ0n) is 3.85. The van der Waals surface area contributed by atoms with E-state index < -0.39 is 18.7 Å². The summed E-state index contributed by atoms with van der Waals surface area (Å²) in [6.07, 6.45) is -1.53. The minimum absolute atomic E-state index is 1.14. The molecule has 2 N–H and O–H groups in total. The fourth-order valence-electron chi connectivity index (χ4n) is 0.153. The van der Waals surface area contributed by atoms with E-state index in [1.165, 1.54) is 5.32 Å². The zero-order chi connectivity index (χ0) is 6.57. The molecule has 8 heavy (non-hydrogen) atoms. The van der Waals surface area contributed by atoms with Crippen molar-refractivity contribution in [2.24, 2.45) is 0 Å². The smallest absolute Gasteiger partial charge is 0.411 e. The highest BCUT2D eigenvalue weighted by Gasteiger charge is 2.01. The topological polar surface area (TPSA) is 66.4 Å². The van der Waals surface area contributed by atoms with E-state index in [0.717, 1.165) is 0 Å². The fourth-order valence-corrected chi connectivity index (χ4v) is 0.153. The van der Waals surface area contributed by atoms with Crippen molar-refractivity contribution in [2.75, 3.05) is 6.67 Å². The number of rotatable bonds is 1. The average molecular weight is 121 g/mol. The number of carboxylic acid groups (broad SMARTS) is 1. The van der Waals surface area contributed by atoms with Gasteiger partial charge in [-0.1, -0.05) is 0 Å². The predicted octanol–water partition coefficient (Wildman–Crippen LogP) is -0.250. The summed E-state index contributed by atoms with van der Waals surface area (Å²) in [5.74, 6) is -1.14. The Hall–Kier alpha value is -1.13. The minimum Gasteiger partial charge on any atom is -0.465 e. The summed E-state index contributed by atoms with van der Waals surface area (Å²) in [6, 6.07) is 0. The van der Waals surface area contributed by atoms with Crippen molar-refractivity contribution in [2.45, 2.75) is 0 Å². The van der Waals surface area contributed by atoms with E-state index in [2.05, 4.69) is 0 Å². The van der Waals surface area contributed by atoms with E-state index in [0.29, 0.717) is 0 Å². The lowest BCUT2D eigenvalue weighted by molar-refractivity contribution is -0.121. The first-order chi connectivity index (χ1) is 3.66. The lowest BCUT2D eigenvalue weighted by Crippen LogP contribution is -2.29. The molecule has 46 valence electrons. The molecule has 0 aromatic heterocycles. The molecule has 0 aliphatic heterocycles. The van der Waals surface area contributed by atoms with Crippen LogP contribution in [0.1, 0.15) is 0 Å². The molecular formula is C3H4FNO3. The van der Waals surface area contributed by atoms with Crippen molar-refractivity contribution in [1.82, 2.24) is 5.32 Å². The van der Waals surface area contributed by atoms with Gasteiger partial charge < -0.3 is 5.11 Å². The highest BCUT2D eigenvalue weighted by molar-refractivity contribution is 5.91. The van der Waals surface area contributed by atoms with E-state index >= 15 is 0 Å². The number of amides is 2. The van der Waals surface area contributed by atoms with E-state index in [1.807, 2.05) is 0 Å². The Bertz CT molecular complexity index is 113. The van der Waals surface area contributed by atoms with Crippen LogP contribution in [-0.2, 0) is 4.79 Å². The van der Waals surface area contributed by atoms with Crippen molar-refractivity contribution in [3.05, 3.63) is 0 Å². The molecule has 0 fully saturated rings. The maximum atomic E-state index is 11.1. The molecule has 0 radical (unpaired) electrons. The highest BCUT2D eigenvalue weighted by atomic mass is 19.1. The van der Waals surface area contributed by atoms with Crippen LogP contribution in [0.3, 0.4) is 0 Å². The molecule has 0 atom stereocenters. The van der Waals surface area contributed by atoms with Crippen molar-refractivity contribution in [1.29, 1.82) is 0 Å². The Kier molecular flexibility index (Phi) is 2.53. The molecule has 5 heteroatoms. The molecule has 0 aromatic rings. The molecule has 4 nitrogen and oxygen atoms in total. The number of carbonyl (C=O) groups excluding carboxylic acids is 1. The Balaban J connectivity index is 3.40. The Morgan fingerprint density at radius 3 is 2.25 bits per heavy atom. The van der Waals surface area contributed by atoms with Crippen LogP contribution in [0.5, 0.6) is 0 Å². The number of nitrogens with one attached hydrogen (secondary N) is 1. The molecular weight excluding hydrogens is 117 g/mol. The summed E-state index contributed by atoms with van der Waals surface area (Å²) in [5, 5.41) is 9.01. The number of imide groups is 1. The van der Waals surface area contributed by atoms with Crippen LogP contribution < -0.4 is 5.32 Å². The second kappa shape index (κ2) is 2.95. The molecule has 0 rings (SSSR count). The SMILES string of the molecule is O=C(O)NC(=O)CF. The van der Waals surface area contributed by atoms with Gasteiger partial charge in [-0.2, -0.15) is 0 Å². The first kappa shape index (κ1) is 6.87. The Labute approximate surface area is 44.3 Å². The number of hydrogen-bond acceptors (Lipinski definition) is 2. The highest BCUT2D eigenvalue weighted by Crippen LogP contribution is 1.67. The van der Waals surface area contributed by atoms with Crippen molar-refractivity contribution in [3.63, 3.8) is 0 Å². The van der Waals surface area contributed by atoms with Crippen molar-refractivity contribution < 1.29 is 19.1 Å². The van der Waals surface area contributed by atoms with Gasteiger partial charge in [0.05, 0.1) is 0 Å². The monoisotopic (exact) mass is 121 g/mol. The minimum atomic E-state index is -1.53. The third-order valence-electron chi connectivity index (χ3n) is 0.368. The van der Waals surface area contributed by atoms with Gasteiger partial charge in [0.1, 0.15) is 0 Å². The predicted molar refractivity (Wildman–Crippen MR) is 22.1 cm³/mol. The number of alkyl halides is 1. The van der Waals surface area contributed by atoms with Gasteiger partial charge in [0.25, 0.3) is 5.91 Å². The summed E-state index contributed by atoms with van der Waals surface area (Å²) >= 11 is 0. The summed E-state index contributed by atoms with van der Waals surface area (Å²) in [6.45, 7) is -1.30. The van der Waals surface area contributed by atoms with Crippen LogP contribution in [0.2, 0.25) is 0 Å². The third kappa shape index (κ3) is 3.08. The second-order valence-electron chi connectivity index (χ2n) is 0.987. The van der Waals surface area contributed by atoms with Crippen LogP contribution in [0.25, 0.3) is 0 Å². The quantitative estimate of drug-likeness (QED) is 0.502. The van der Waals surface area contributed by atoms with E-state index in [9.17, 15) is 14.0 Å². The maximum Gasteiger partial charge on any atom is 0.411 e. The normalized spacial score (nSPS) is 8.12. The molecule has 0 aliphatic carbocycles. The molecule has 0 aromatic carbocycles. The molecule has 0 heterocycles. The Morgan fingerprint density at radius 2 is 2.12 bits per heavy atom. The summed E-state index contributed by atoms with van der Waals surface area (Å²) in [7, 11) is 0. The van der Waals surface area contributed by atoms with E-state index in [-0.39, 0.29) is 0 Å². The molecule has 0 saturated heterocycles. The molecule has 2 amide bonds. The van der Waals surface area contributed by atoms with Gasteiger partial charge in [-0.25, -0.2) is 9.18 Å². The van der Waals surface area contributed by atoms with E-state index in [4.69, 9.17) is 5.11 Å². The van der Waals surface area contributed by atoms with Gasteiger partial charge in [-0.05, 0) is 0 Å². The molecule has 0 bridgehead atoms. The summed E-state index contributed by atoms with van der Waals surface area (Å²) < 4.78 is 11.1. The third-order valence-corrected chi connectivity index (χ3v) is 0.368. The lowest BCUT2D eigenvalue weighted by Gasteiger charge is -1.89. The largest absolute Gasteiger partial charge is 0.465 e. The van der Waals surface area contributed by atoms with Crippen molar-refractivity contribution in [3.8, 4) is 0 Å². The molecule has 0 saturated carbocycles. The summed E-state index contributed by atoms with van der Waals surface area (Å²) in [5.41, 5.74) is 0. The van der Waals surface area contributed by atoms with Crippen LogP contribution >= 0.6 is 0 Å². The second-order valence-corrected chi connectivity index (χ2v) is 0.987. The average Bonchev–Trinajstić information content (AvgIpc) is 1.65. The van der Waals surface area contributed by atoms with Crippen LogP contribution in [0.15, 0.2) is 0 Å². The van der Waals surface area contributed by atoms with Crippen LogP contribution in [-0.4, -0.2) is 23.8 Å². The standard InChI is InChI=1S/C3H4FNO3/c4-1-2(6)5-3(7)8/h1H2,(H,5,6)(H,7,8). The number of halogens is 1. The van der Waals surface area contributed by atoms with E-state index in [1.54, 1.807) is 0 Å². The van der Waals surface area contributed by atoms with Gasteiger partial charge in [-0.3, -0.25) is 10.1 Å². The summed E-state index contributed by atoms with van der Waals surface area (Å²) in [4.78, 5) is 19.2. The van der Waals surface area contributed by atoms with Crippen LogP contribution in [0, 0.1) is 0 Å². The van der Waals surface area contributed by atoms with Gasteiger partial charge in [-0.15, -0.1) is 0 Å². The van der Waals surface area contributed by atoms with Gasteiger partial charge in [0.15, 0.2) is 6.67 Å². The number of hydrogen-bond donors (Lipinski definition) is 2. The van der Waals surface area contributed by atoms with Gasteiger partial charge in [0.2, 0.25) is 0 Å². The molecule has 0 spiro atoms. The fraction of sp³-hybridized carbons (Fsp3) is 0.333. The van der Waals surface area contributed by atoms with Crippen LogP contribution in [0.4, 0.5) is 9.18 Å². The lowest BCUT2D eigenvalue weighted by atomic mass is 10.7. The maximum absolute atomic E-state index is 11.1.